The third-order valence-corrected chi connectivity index (χ3v) is 2.38. The molecule has 0 fully saturated rings. The molecule has 0 bridgehead atoms. The third-order valence-electron chi connectivity index (χ3n) is 2.38. The van der Waals surface area contributed by atoms with Gasteiger partial charge in [0, 0.05) is 11.7 Å². The number of carbonyl (C=O) groups is 2. The Morgan fingerprint density at radius 1 is 1.06 bits per heavy atom. The second-order valence-corrected chi connectivity index (χ2v) is 3.36. The standard InChI is InChI=1S/C11H9NO4/c13-10(14)9(11(15)16)12-6-5-7-3-1-2-4-8(7)12/h1-6,9H,(H,13,14)(H,15,16). The smallest absolute Gasteiger partial charge is 0.338 e. The van der Waals surface area contributed by atoms with E-state index in [1.54, 1.807) is 24.3 Å². The van der Waals surface area contributed by atoms with E-state index in [1.807, 2.05) is 6.07 Å². The van der Waals surface area contributed by atoms with E-state index < -0.39 is 18.0 Å². The second-order valence-electron chi connectivity index (χ2n) is 3.36. The first-order valence-electron chi connectivity index (χ1n) is 4.62. The normalized spacial score (nSPS) is 10.8. The van der Waals surface area contributed by atoms with Crippen LogP contribution in [0.15, 0.2) is 36.5 Å². The second kappa shape index (κ2) is 3.69. The van der Waals surface area contributed by atoms with E-state index in [1.165, 1.54) is 10.8 Å². The summed E-state index contributed by atoms with van der Waals surface area (Å²) in [5.74, 6) is -2.76. The van der Waals surface area contributed by atoms with E-state index in [-0.39, 0.29) is 0 Å². The van der Waals surface area contributed by atoms with Gasteiger partial charge in [0.2, 0.25) is 6.04 Å². The van der Waals surface area contributed by atoms with Crippen LogP contribution in [0.1, 0.15) is 6.04 Å². The number of fused-ring (bicyclic) bond motifs is 1. The average Bonchev–Trinajstić information content (AvgIpc) is 2.61. The van der Waals surface area contributed by atoms with Gasteiger partial charge < -0.3 is 14.8 Å². The first-order valence-corrected chi connectivity index (χ1v) is 4.62. The molecule has 1 aromatic heterocycles. The van der Waals surface area contributed by atoms with Crippen molar-refractivity contribution in [2.45, 2.75) is 6.04 Å². The molecule has 1 aromatic carbocycles. The quantitative estimate of drug-likeness (QED) is 0.763. The van der Waals surface area contributed by atoms with Crippen molar-refractivity contribution in [1.29, 1.82) is 0 Å². The average molecular weight is 219 g/mol. The fourth-order valence-electron chi connectivity index (χ4n) is 1.67. The fraction of sp³-hybridized carbons (Fsp3) is 0.0909. The number of aliphatic carboxylic acids is 2. The molecule has 2 N–H and O–H groups in total. The lowest BCUT2D eigenvalue weighted by Gasteiger charge is -2.10. The highest BCUT2D eigenvalue weighted by atomic mass is 16.4. The van der Waals surface area contributed by atoms with Crippen LogP contribution in [0, 0.1) is 0 Å². The molecule has 0 amide bonds. The van der Waals surface area contributed by atoms with Crippen LogP contribution in [-0.2, 0) is 9.59 Å². The SMILES string of the molecule is O=C(O)C(C(=O)O)n1ccc2ccccc21. The van der Waals surface area contributed by atoms with Crippen LogP contribution in [0.25, 0.3) is 10.9 Å². The van der Waals surface area contributed by atoms with Crippen LogP contribution in [-0.4, -0.2) is 26.7 Å². The van der Waals surface area contributed by atoms with Gasteiger partial charge in [0.25, 0.3) is 0 Å². The summed E-state index contributed by atoms with van der Waals surface area (Å²) in [5.41, 5.74) is 0.595. The molecule has 0 saturated carbocycles. The summed E-state index contributed by atoms with van der Waals surface area (Å²) in [6.45, 7) is 0. The van der Waals surface area contributed by atoms with Crippen LogP contribution < -0.4 is 0 Å². The molecular weight excluding hydrogens is 210 g/mol. The number of rotatable bonds is 3. The topological polar surface area (TPSA) is 79.5 Å². The van der Waals surface area contributed by atoms with E-state index in [4.69, 9.17) is 10.2 Å². The van der Waals surface area contributed by atoms with Gasteiger partial charge >= 0.3 is 11.9 Å². The molecule has 0 unspecified atom stereocenters. The minimum Gasteiger partial charge on any atom is -0.479 e. The minimum absolute atomic E-state index is 0.595. The van der Waals surface area contributed by atoms with Crippen LogP contribution in [0.2, 0.25) is 0 Å². The molecule has 5 nitrogen and oxygen atoms in total. The maximum absolute atomic E-state index is 10.9. The third kappa shape index (κ3) is 1.52. The molecule has 0 aliphatic rings. The zero-order valence-electron chi connectivity index (χ0n) is 8.20. The molecule has 0 aliphatic heterocycles. The van der Waals surface area contributed by atoms with Gasteiger partial charge in [-0.05, 0) is 17.5 Å². The minimum atomic E-state index is -1.58. The predicted molar refractivity (Wildman–Crippen MR) is 56.2 cm³/mol. The van der Waals surface area contributed by atoms with E-state index >= 15 is 0 Å². The number of nitrogens with zero attached hydrogens (tertiary/aromatic N) is 1. The van der Waals surface area contributed by atoms with E-state index in [0.717, 1.165) is 5.39 Å². The Hall–Kier alpha value is -2.30. The lowest BCUT2D eigenvalue weighted by atomic mass is 10.2. The summed E-state index contributed by atoms with van der Waals surface area (Å²) in [7, 11) is 0. The van der Waals surface area contributed by atoms with Gasteiger partial charge in [0.1, 0.15) is 0 Å². The molecule has 1 heterocycles. The Bertz CT molecular complexity index is 544. The predicted octanol–water partition coefficient (Wildman–Crippen LogP) is 1.35. The Kier molecular flexibility index (Phi) is 2.36. The van der Waals surface area contributed by atoms with Crippen molar-refractivity contribution in [2.24, 2.45) is 0 Å². The molecule has 0 aliphatic carbocycles. The van der Waals surface area contributed by atoms with Crippen LogP contribution in [0.4, 0.5) is 0 Å². The highest BCUT2D eigenvalue weighted by Crippen LogP contribution is 2.20. The van der Waals surface area contributed by atoms with Gasteiger partial charge in [-0.2, -0.15) is 0 Å². The monoisotopic (exact) mass is 219 g/mol. The highest BCUT2D eigenvalue weighted by Gasteiger charge is 2.28. The summed E-state index contributed by atoms with van der Waals surface area (Å²) < 4.78 is 1.24. The van der Waals surface area contributed by atoms with Gasteiger partial charge in [-0.25, -0.2) is 9.59 Å². The van der Waals surface area contributed by atoms with Gasteiger partial charge in [-0.1, -0.05) is 18.2 Å². The Morgan fingerprint density at radius 2 is 1.69 bits per heavy atom. The summed E-state index contributed by atoms with van der Waals surface area (Å²) >= 11 is 0. The fourth-order valence-corrected chi connectivity index (χ4v) is 1.67. The Balaban J connectivity index is 2.61. The number of benzene rings is 1. The van der Waals surface area contributed by atoms with Gasteiger partial charge in [0.05, 0.1) is 0 Å². The van der Waals surface area contributed by atoms with E-state index in [9.17, 15) is 9.59 Å². The van der Waals surface area contributed by atoms with Gasteiger partial charge in [-0.15, -0.1) is 0 Å². The number of carboxylic acids is 2. The maximum Gasteiger partial charge on any atom is 0.338 e. The van der Waals surface area contributed by atoms with Crippen molar-refractivity contribution in [3.63, 3.8) is 0 Å². The summed E-state index contributed by atoms with van der Waals surface area (Å²) in [4.78, 5) is 21.8. The van der Waals surface area contributed by atoms with Crippen LogP contribution >= 0.6 is 0 Å². The van der Waals surface area contributed by atoms with Crippen molar-refractivity contribution >= 4 is 22.8 Å². The van der Waals surface area contributed by atoms with Crippen LogP contribution in [0.5, 0.6) is 0 Å². The Labute approximate surface area is 90.5 Å². The van der Waals surface area contributed by atoms with Crippen molar-refractivity contribution in [1.82, 2.24) is 4.57 Å². The first kappa shape index (κ1) is 10.2. The molecule has 0 saturated heterocycles. The molecule has 0 spiro atoms. The van der Waals surface area contributed by atoms with Gasteiger partial charge in [0.15, 0.2) is 0 Å². The zero-order valence-corrected chi connectivity index (χ0v) is 8.20. The van der Waals surface area contributed by atoms with E-state index in [2.05, 4.69) is 0 Å². The van der Waals surface area contributed by atoms with Gasteiger partial charge in [-0.3, -0.25) is 0 Å². The highest BCUT2D eigenvalue weighted by molar-refractivity contribution is 5.97. The zero-order chi connectivity index (χ0) is 11.7. The number of para-hydroxylation sites is 1. The molecule has 16 heavy (non-hydrogen) atoms. The molecular formula is C11H9NO4. The summed E-state index contributed by atoms with van der Waals surface area (Å²) in [6.07, 6.45) is 1.47. The first-order chi connectivity index (χ1) is 7.61. The van der Waals surface area contributed by atoms with Crippen LogP contribution in [0.3, 0.4) is 0 Å². The molecule has 2 aromatic rings. The van der Waals surface area contributed by atoms with E-state index in [0.29, 0.717) is 5.52 Å². The molecule has 2 rings (SSSR count). The number of hydrogen-bond donors (Lipinski definition) is 2. The molecule has 5 heteroatoms. The molecule has 82 valence electrons. The van der Waals surface area contributed by atoms with Crippen molar-refractivity contribution < 1.29 is 19.8 Å². The van der Waals surface area contributed by atoms with Crippen molar-refractivity contribution in [2.75, 3.05) is 0 Å². The van der Waals surface area contributed by atoms with Crippen molar-refractivity contribution in [3.05, 3.63) is 36.5 Å². The largest absolute Gasteiger partial charge is 0.479 e. The lowest BCUT2D eigenvalue weighted by Crippen LogP contribution is -2.26. The summed E-state index contributed by atoms with van der Waals surface area (Å²) in [6, 6.07) is 7.14. The summed E-state index contributed by atoms with van der Waals surface area (Å²) in [5, 5.41) is 18.6. The number of aromatic nitrogens is 1. The number of carboxylic acid groups (broad SMARTS) is 2. The number of hydrogen-bond acceptors (Lipinski definition) is 2. The molecule has 0 atom stereocenters. The maximum atomic E-state index is 10.9. The Morgan fingerprint density at radius 3 is 2.31 bits per heavy atom. The van der Waals surface area contributed by atoms with Crippen molar-refractivity contribution in [3.8, 4) is 0 Å². The lowest BCUT2D eigenvalue weighted by molar-refractivity contribution is -0.153. The molecule has 0 radical (unpaired) electrons.